The molecule has 1 atom stereocenters. The first-order chi connectivity index (χ1) is 9.72. The van der Waals surface area contributed by atoms with Crippen molar-refractivity contribution >= 4 is 21.8 Å². The molecular weight excluding hydrogens is 316 g/mol. The number of hydrogen-bond donors (Lipinski definition) is 1. The molecule has 1 aliphatic carbocycles. The molecule has 108 valence electrons. The molecule has 1 aromatic rings. The quantitative estimate of drug-likeness (QED) is 0.896. The van der Waals surface area contributed by atoms with Crippen LogP contribution in [0.25, 0.3) is 0 Å². The van der Waals surface area contributed by atoms with Crippen molar-refractivity contribution in [2.45, 2.75) is 44.2 Å². The van der Waals surface area contributed by atoms with E-state index in [0.717, 1.165) is 36.4 Å². The van der Waals surface area contributed by atoms with Gasteiger partial charge in [0.05, 0.1) is 0 Å². The van der Waals surface area contributed by atoms with Crippen molar-refractivity contribution in [2.75, 3.05) is 13.1 Å². The van der Waals surface area contributed by atoms with Crippen LogP contribution < -0.4 is 5.32 Å². The number of nitrogens with zero attached hydrogens (tertiary/aromatic N) is 1. The van der Waals surface area contributed by atoms with Gasteiger partial charge in [-0.05, 0) is 37.3 Å². The smallest absolute Gasteiger partial charge is 0.220 e. The lowest BCUT2D eigenvalue weighted by atomic mass is 10.1. The van der Waals surface area contributed by atoms with Crippen LogP contribution >= 0.6 is 15.9 Å². The lowest BCUT2D eigenvalue weighted by Crippen LogP contribution is -2.37. The van der Waals surface area contributed by atoms with Gasteiger partial charge in [0, 0.05) is 36.1 Å². The number of halogens is 1. The number of carbonyl (C=O) groups is 1. The van der Waals surface area contributed by atoms with Crippen LogP contribution in [0.1, 0.15) is 31.2 Å². The first-order valence-corrected chi connectivity index (χ1v) is 8.28. The number of nitrogens with one attached hydrogen (secondary N) is 1. The number of amides is 1. The second kappa shape index (κ2) is 6.27. The predicted molar refractivity (Wildman–Crippen MR) is 83.6 cm³/mol. The molecule has 1 aliphatic heterocycles. The molecule has 1 saturated heterocycles. The number of aryl methyl sites for hydroxylation is 1. The third-order valence-corrected chi connectivity index (χ3v) is 5.00. The van der Waals surface area contributed by atoms with E-state index in [2.05, 4.69) is 32.2 Å². The average molecular weight is 337 g/mol. The Bertz CT molecular complexity index is 487. The van der Waals surface area contributed by atoms with Gasteiger partial charge >= 0.3 is 0 Å². The van der Waals surface area contributed by atoms with Crippen LogP contribution in [0.2, 0.25) is 0 Å². The van der Waals surface area contributed by atoms with Gasteiger partial charge in [0.25, 0.3) is 0 Å². The first kappa shape index (κ1) is 14.1. The van der Waals surface area contributed by atoms with Crippen molar-refractivity contribution in [1.82, 2.24) is 10.2 Å². The number of hydrogen-bond acceptors (Lipinski definition) is 2. The Morgan fingerprint density at radius 2 is 2.10 bits per heavy atom. The van der Waals surface area contributed by atoms with Gasteiger partial charge in [0.1, 0.15) is 0 Å². The molecule has 0 bridgehead atoms. The van der Waals surface area contributed by atoms with Crippen LogP contribution in [0.3, 0.4) is 0 Å². The highest BCUT2D eigenvalue weighted by Crippen LogP contribution is 2.29. The fourth-order valence-corrected chi connectivity index (χ4v) is 3.41. The second-order valence-electron chi connectivity index (χ2n) is 5.87. The van der Waals surface area contributed by atoms with Crippen molar-refractivity contribution in [2.24, 2.45) is 0 Å². The zero-order valence-electron chi connectivity index (χ0n) is 11.6. The minimum atomic E-state index is 0.184. The molecule has 1 N–H and O–H groups in total. The monoisotopic (exact) mass is 336 g/mol. The number of carbonyl (C=O) groups excluding carboxylic acids is 1. The molecule has 1 saturated carbocycles. The predicted octanol–water partition coefficient (Wildman–Crippen LogP) is 2.73. The summed E-state index contributed by atoms with van der Waals surface area (Å²) in [5.41, 5.74) is 1.20. The Labute approximate surface area is 128 Å². The third-order valence-electron chi connectivity index (χ3n) is 4.23. The molecule has 0 unspecified atom stereocenters. The normalized spacial score (nSPS) is 22.9. The molecule has 4 heteroatoms. The summed E-state index contributed by atoms with van der Waals surface area (Å²) in [5.74, 6) is 0.184. The minimum absolute atomic E-state index is 0.184. The SMILES string of the molecule is O=C(CCc1ccccc1Br)N[C@H]1CCN(C2CC2)C1. The van der Waals surface area contributed by atoms with Crippen molar-refractivity contribution in [3.8, 4) is 0 Å². The summed E-state index contributed by atoms with van der Waals surface area (Å²) in [6.45, 7) is 2.20. The maximum absolute atomic E-state index is 12.0. The minimum Gasteiger partial charge on any atom is -0.352 e. The molecule has 0 radical (unpaired) electrons. The van der Waals surface area contributed by atoms with Gasteiger partial charge in [-0.3, -0.25) is 9.69 Å². The van der Waals surface area contributed by atoms with Gasteiger partial charge in [0.2, 0.25) is 5.91 Å². The maximum atomic E-state index is 12.0. The zero-order valence-corrected chi connectivity index (χ0v) is 13.2. The van der Waals surface area contributed by atoms with E-state index in [4.69, 9.17) is 0 Å². The summed E-state index contributed by atoms with van der Waals surface area (Å²) in [4.78, 5) is 14.6. The lowest BCUT2D eigenvalue weighted by molar-refractivity contribution is -0.121. The van der Waals surface area contributed by atoms with Crippen molar-refractivity contribution < 1.29 is 4.79 Å². The summed E-state index contributed by atoms with van der Waals surface area (Å²) in [7, 11) is 0. The Kier molecular flexibility index (Phi) is 4.41. The topological polar surface area (TPSA) is 32.3 Å². The Balaban J connectivity index is 1.42. The van der Waals surface area contributed by atoms with Gasteiger partial charge < -0.3 is 5.32 Å². The molecule has 1 heterocycles. The summed E-state index contributed by atoms with van der Waals surface area (Å²) in [6.07, 6.45) is 5.18. The first-order valence-electron chi connectivity index (χ1n) is 7.49. The zero-order chi connectivity index (χ0) is 13.9. The largest absolute Gasteiger partial charge is 0.352 e. The second-order valence-corrected chi connectivity index (χ2v) is 6.72. The molecule has 1 aromatic carbocycles. The summed E-state index contributed by atoms with van der Waals surface area (Å²) in [5, 5.41) is 3.19. The molecule has 20 heavy (non-hydrogen) atoms. The number of benzene rings is 1. The molecule has 3 rings (SSSR count). The Morgan fingerprint density at radius 3 is 2.85 bits per heavy atom. The number of likely N-dealkylation sites (tertiary alicyclic amines) is 1. The third kappa shape index (κ3) is 3.61. The van der Waals surface area contributed by atoms with E-state index in [-0.39, 0.29) is 5.91 Å². The van der Waals surface area contributed by atoms with E-state index in [1.165, 1.54) is 18.4 Å². The fourth-order valence-electron chi connectivity index (χ4n) is 2.93. The maximum Gasteiger partial charge on any atom is 0.220 e. The van der Waals surface area contributed by atoms with Crippen LogP contribution in [0.5, 0.6) is 0 Å². The van der Waals surface area contributed by atoms with Crippen LogP contribution in [-0.4, -0.2) is 36.0 Å². The van der Waals surface area contributed by atoms with E-state index in [1.807, 2.05) is 18.2 Å². The van der Waals surface area contributed by atoms with Crippen LogP contribution in [0, 0.1) is 0 Å². The van der Waals surface area contributed by atoms with Crippen LogP contribution in [-0.2, 0) is 11.2 Å². The van der Waals surface area contributed by atoms with Gasteiger partial charge in [-0.25, -0.2) is 0 Å². The van der Waals surface area contributed by atoms with Crippen LogP contribution in [0.15, 0.2) is 28.7 Å². The van der Waals surface area contributed by atoms with Crippen molar-refractivity contribution in [3.63, 3.8) is 0 Å². The molecular formula is C16H21BrN2O. The molecule has 0 aromatic heterocycles. The van der Waals surface area contributed by atoms with E-state index in [0.29, 0.717) is 12.5 Å². The van der Waals surface area contributed by atoms with E-state index in [1.54, 1.807) is 0 Å². The fraction of sp³-hybridized carbons (Fsp3) is 0.562. The molecule has 0 spiro atoms. The highest BCUT2D eigenvalue weighted by Gasteiger charge is 2.34. The molecule has 2 aliphatic rings. The van der Waals surface area contributed by atoms with Crippen molar-refractivity contribution in [3.05, 3.63) is 34.3 Å². The van der Waals surface area contributed by atoms with Crippen molar-refractivity contribution in [1.29, 1.82) is 0 Å². The van der Waals surface area contributed by atoms with E-state index in [9.17, 15) is 4.79 Å². The van der Waals surface area contributed by atoms with Gasteiger partial charge in [-0.15, -0.1) is 0 Å². The Morgan fingerprint density at radius 1 is 1.30 bits per heavy atom. The highest BCUT2D eigenvalue weighted by molar-refractivity contribution is 9.10. The van der Waals surface area contributed by atoms with Gasteiger partial charge in [0.15, 0.2) is 0 Å². The summed E-state index contributed by atoms with van der Waals surface area (Å²) in [6, 6.07) is 9.29. The van der Waals surface area contributed by atoms with E-state index < -0.39 is 0 Å². The summed E-state index contributed by atoms with van der Waals surface area (Å²) < 4.78 is 1.09. The molecule has 1 amide bonds. The standard InChI is InChI=1S/C16H21BrN2O/c17-15-4-2-1-3-12(15)5-8-16(20)18-13-9-10-19(11-13)14-6-7-14/h1-4,13-14H,5-11H2,(H,18,20)/t13-/m0/s1. The average Bonchev–Trinajstić information content (AvgIpc) is 3.19. The number of rotatable bonds is 5. The Hall–Kier alpha value is -0.870. The summed E-state index contributed by atoms with van der Waals surface area (Å²) >= 11 is 3.53. The van der Waals surface area contributed by atoms with E-state index >= 15 is 0 Å². The highest BCUT2D eigenvalue weighted by atomic mass is 79.9. The van der Waals surface area contributed by atoms with Gasteiger partial charge in [-0.2, -0.15) is 0 Å². The molecule has 2 fully saturated rings. The lowest BCUT2D eigenvalue weighted by Gasteiger charge is -2.15. The van der Waals surface area contributed by atoms with Crippen LogP contribution in [0.4, 0.5) is 0 Å². The molecule has 3 nitrogen and oxygen atoms in total. The van der Waals surface area contributed by atoms with Gasteiger partial charge in [-0.1, -0.05) is 34.1 Å².